The van der Waals surface area contributed by atoms with Crippen LogP contribution in [0.25, 0.3) is 10.8 Å². The monoisotopic (exact) mass is 300 g/mol. The number of benzene rings is 3. The fourth-order valence-corrected chi connectivity index (χ4v) is 2.81. The Morgan fingerprint density at radius 2 is 1.71 bits per heavy atom. The molecule has 21 heavy (non-hydrogen) atoms. The lowest BCUT2D eigenvalue weighted by Crippen LogP contribution is -2.29. The molecule has 0 heterocycles. The van der Waals surface area contributed by atoms with Crippen LogP contribution >= 0.6 is 11.6 Å². The van der Waals surface area contributed by atoms with E-state index in [9.17, 15) is 4.39 Å². The molecule has 106 valence electrons. The van der Waals surface area contributed by atoms with Gasteiger partial charge in [0.2, 0.25) is 0 Å². The van der Waals surface area contributed by atoms with E-state index >= 15 is 0 Å². The number of halogens is 2. The lowest BCUT2D eigenvalue weighted by molar-refractivity contribution is 0.607. The Labute approximate surface area is 127 Å². The molecular weight excluding hydrogens is 287 g/mol. The molecule has 0 aliphatic carbocycles. The van der Waals surface area contributed by atoms with E-state index in [1.54, 1.807) is 6.07 Å². The average molecular weight is 301 g/mol. The molecule has 0 spiro atoms. The molecule has 0 bridgehead atoms. The van der Waals surface area contributed by atoms with E-state index in [-0.39, 0.29) is 11.9 Å². The summed E-state index contributed by atoms with van der Waals surface area (Å²) < 4.78 is 13.5. The van der Waals surface area contributed by atoms with Crippen LogP contribution in [0.5, 0.6) is 0 Å². The van der Waals surface area contributed by atoms with Gasteiger partial charge in [-0.3, -0.25) is 5.84 Å². The van der Waals surface area contributed by atoms with Crippen LogP contribution in [0, 0.1) is 5.82 Å². The van der Waals surface area contributed by atoms with E-state index in [0.29, 0.717) is 10.6 Å². The molecule has 1 unspecified atom stereocenters. The van der Waals surface area contributed by atoms with Crippen molar-refractivity contribution in [1.82, 2.24) is 5.43 Å². The molecule has 3 aromatic carbocycles. The molecule has 0 fully saturated rings. The summed E-state index contributed by atoms with van der Waals surface area (Å²) in [5.41, 5.74) is 4.33. The summed E-state index contributed by atoms with van der Waals surface area (Å²) >= 11 is 6.21. The molecule has 3 rings (SSSR count). The SMILES string of the molecule is NNC(c1cc(F)ccc1Cl)c1cccc2ccccc12. The van der Waals surface area contributed by atoms with Gasteiger partial charge in [0.1, 0.15) is 5.82 Å². The Balaban J connectivity index is 2.21. The summed E-state index contributed by atoms with van der Waals surface area (Å²) in [6, 6.07) is 17.8. The van der Waals surface area contributed by atoms with Crippen molar-refractivity contribution < 1.29 is 4.39 Å². The van der Waals surface area contributed by atoms with E-state index < -0.39 is 0 Å². The molecule has 0 radical (unpaired) electrons. The summed E-state index contributed by atoms with van der Waals surface area (Å²) in [5.74, 6) is 5.38. The van der Waals surface area contributed by atoms with Gasteiger partial charge in [0.25, 0.3) is 0 Å². The first kappa shape index (κ1) is 14.0. The van der Waals surface area contributed by atoms with Crippen LogP contribution in [0.15, 0.2) is 60.7 Å². The van der Waals surface area contributed by atoms with Crippen molar-refractivity contribution in [3.63, 3.8) is 0 Å². The van der Waals surface area contributed by atoms with E-state index in [1.807, 2.05) is 42.5 Å². The first-order chi connectivity index (χ1) is 10.2. The first-order valence-corrected chi connectivity index (χ1v) is 6.97. The number of hydrogen-bond donors (Lipinski definition) is 2. The van der Waals surface area contributed by atoms with Crippen molar-refractivity contribution in [3.8, 4) is 0 Å². The van der Waals surface area contributed by atoms with Gasteiger partial charge >= 0.3 is 0 Å². The van der Waals surface area contributed by atoms with Crippen molar-refractivity contribution in [1.29, 1.82) is 0 Å². The average Bonchev–Trinajstić information content (AvgIpc) is 2.51. The van der Waals surface area contributed by atoms with Crippen molar-refractivity contribution in [3.05, 3.63) is 82.6 Å². The van der Waals surface area contributed by atoms with E-state index in [4.69, 9.17) is 17.4 Å². The van der Waals surface area contributed by atoms with Crippen molar-refractivity contribution >= 4 is 22.4 Å². The van der Waals surface area contributed by atoms with Gasteiger partial charge in [0, 0.05) is 5.02 Å². The fraction of sp³-hybridized carbons (Fsp3) is 0.0588. The normalized spacial score (nSPS) is 12.5. The minimum atomic E-state index is -0.376. The van der Waals surface area contributed by atoms with Gasteiger partial charge < -0.3 is 0 Å². The third kappa shape index (κ3) is 2.63. The summed E-state index contributed by atoms with van der Waals surface area (Å²) in [6.45, 7) is 0. The molecule has 0 amide bonds. The Morgan fingerprint density at radius 1 is 0.952 bits per heavy atom. The highest BCUT2D eigenvalue weighted by Crippen LogP contribution is 2.32. The zero-order valence-electron chi connectivity index (χ0n) is 11.2. The van der Waals surface area contributed by atoms with Crippen LogP contribution < -0.4 is 11.3 Å². The third-order valence-corrected chi connectivity index (χ3v) is 3.91. The number of nitrogens with two attached hydrogens (primary N) is 1. The van der Waals surface area contributed by atoms with Crippen molar-refractivity contribution in [2.45, 2.75) is 6.04 Å². The van der Waals surface area contributed by atoms with Gasteiger partial charge in [-0.2, -0.15) is 0 Å². The molecule has 4 heteroatoms. The van der Waals surface area contributed by atoms with Crippen LogP contribution in [0.3, 0.4) is 0 Å². The van der Waals surface area contributed by atoms with Gasteiger partial charge in [-0.1, -0.05) is 54.1 Å². The van der Waals surface area contributed by atoms with Crippen LogP contribution in [0.2, 0.25) is 5.02 Å². The lowest BCUT2D eigenvalue weighted by Gasteiger charge is -2.20. The lowest BCUT2D eigenvalue weighted by atomic mass is 9.94. The number of nitrogens with one attached hydrogen (secondary N) is 1. The van der Waals surface area contributed by atoms with Crippen molar-refractivity contribution in [2.24, 2.45) is 5.84 Å². The van der Waals surface area contributed by atoms with E-state index in [0.717, 1.165) is 16.3 Å². The Bertz CT molecular complexity index is 783. The quantitative estimate of drug-likeness (QED) is 0.562. The van der Waals surface area contributed by atoms with Crippen LogP contribution in [0.1, 0.15) is 17.2 Å². The molecular formula is C17H14ClFN2. The topological polar surface area (TPSA) is 38.0 Å². The molecule has 0 aliphatic rings. The van der Waals surface area contributed by atoms with Crippen molar-refractivity contribution in [2.75, 3.05) is 0 Å². The Kier molecular flexibility index (Phi) is 3.88. The Morgan fingerprint density at radius 3 is 2.52 bits per heavy atom. The van der Waals surface area contributed by atoms with Gasteiger partial charge in [0.15, 0.2) is 0 Å². The fourth-order valence-electron chi connectivity index (χ4n) is 2.59. The second-order valence-corrected chi connectivity index (χ2v) is 5.24. The highest BCUT2D eigenvalue weighted by Gasteiger charge is 2.18. The smallest absolute Gasteiger partial charge is 0.123 e. The van der Waals surface area contributed by atoms with Gasteiger partial charge in [-0.15, -0.1) is 0 Å². The summed E-state index contributed by atoms with van der Waals surface area (Å²) in [5, 5.41) is 2.64. The molecule has 0 aliphatic heterocycles. The van der Waals surface area contributed by atoms with Crippen LogP contribution in [-0.2, 0) is 0 Å². The zero-order valence-corrected chi connectivity index (χ0v) is 11.9. The van der Waals surface area contributed by atoms with Crippen LogP contribution in [0.4, 0.5) is 4.39 Å². The number of hydrazine groups is 1. The molecule has 1 atom stereocenters. The minimum absolute atomic E-state index is 0.338. The second kappa shape index (κ2) is 5.82. The third-order valence-electron chi connectivity index (χ3n) is 3.57. The predicted molar refractivity (Wildman–Crippen MR) is 84.5 cm³/mol. The summed E-state index contributed by atoms with van der Waals surface area (Å²) in [4.78, 5) is 0. The number of hydrogen-bond acceptors (Lipinski definition) is 2. The van der Waals surface area contributed by atoms with E-state index in [1.165, 1.54) is 12.1 Å². The van der Waals surface area contributed by atoms with Gasteiger partial charge in [-0.05, 0) is 40.1 Å². The maximum atomic E-state index is 13.5. The van der Waals surface area contributed by atoms with Gasteiger partial charge in [-0.25, -0.2) is 9.82 Å². The van der Waals surface area contributed by atoms with Crippen LogP contribution in [-0.4, -0.2) is 0 Å². The highest BCUT2D eigenvalue weighted by molar-refractivity contribution is 6.31. The van der Waals surface area contributed by atoms with E-state index in [2.05, 4.69) is 5.43 Å². The van der Waals surface area contributed by atoms with Gasteiger partial charge in [0.05, 0.1) is 6.04 Å². The molecule has 0 aromatic heterocycles. The molecule has 3 N–H and O–H groups in total. The largest absolute Gasteiger partial charge is 0.271 e. The number of rotatable bonds is 3. The maximum absolute atomic E-state index is 13.5. The molecule has 3 aromatic rings. The minimum Gasteiger partial charge on any atom is -0.271 e. The molecule has 0 saturated carbocycles. The summed E-state index contributed by atoms with van der Waals surface area (Å²) in [7, 11) is 0. The highest BCUT2D eigenvalue weighted by atomic mass is 35.5. The maximum Gasteiger partial charge on any atom is 0.123 e. The second-order valence-electron chi connectivity index (χ2n) is 4.83. The summed E-state index contributed by atoms with van der Waals surface area (Å²) in [6.07, 6.45) is 0. The first-order valence-electron chi connectivity index (χ1n) is 6.59. The zero-order chi connectivity index (χ0) is 14.8. The standard InChI is InChI=1S/C17H14ClFN2/c18-16-9-8-12(19)10-15(16)17(21-20)14-7-3-5-11-4-1-2-6-13(11)14/h1-10,17,21H,20H2. The molecule has 0 saturated heterocycles. The Hall–Kier alpha value is -1.94. The number of fused-ring (bicyclic) bond motifs is 1. The molecule has 2 nitrogen and oxygen atoms in total. The predicted octanol–water partition coefficient (Wildman–Crippen LogP) is 4.19.